The molecule has 0 bridgehead atoms. The molecule has 25 heavy (non-hydrogen) atoms. The van der Waals surface area contributed by atoms with E-state index in [4.69, 9.17) is 0 Å². The Kier molecular flexibility index (Phi) is 4.58. The number of hydrogen-bond acceptors (Lipinski definition) is 5. The third kappa shape index (κ3) is 3.14. The van der Waals surface area contributed by atoms with Crippen molar-refractivity contribution in [3.63, 3.8) is 0 Å². The molecule has 0 spiro atoms. The molecular weight excluding hydrogens is 342 g/mol. The molecule has 8 nitrogen and oxygen atoms in total. The van der Waals surface area contributed by atoms with Gasteiger partial charge in [0.05, 0.1) is 4.88 Å². The van der Waals surface area contributed by atoms with Crippen LogP contribution in [0.25, 0.3) is 11.2 Å². The summed E-state index contributed by atoms with van der Waals surface area (Å²) in [7, 11) is 3.02. The molecule has 0 aliphatic carbocycles. The van der Waals surface area contributed by atoms with Crippen LogP contribution < -0.4 is 16.6 Å². The smallest absolute Gasteiger partial charge is 0.332 e. The van der Waals surface area contributed by atoms with Crippen LogP contribution in [0.5, 0.6) is 0 Å². The molecule has 0 radical (unpaired) electrons. The van der Waals surface area contributed by atoms with E-state index in [2.05, 4.69) is 15.3 Å². The standard InChI is InChI=1S/C16H19N5O3S/c1-9-6-8-25-12(9)14(22)17-7-4-5-10-18-11-13(19-10)20(2)16(24)21(3)15(11)23/h6,8H,4-5,7H2,1-3H3,(H,17,22)(H,18,19). The summed E-state index contributed by atoms with van der Waals surface area (Å²) in [4.78, 5) is 44.1. The zero-order chi connectivity index (χ0) is 18.1. The molecule has 3 heterocycles. The number of H-pyrrole nitrogens is 1. The molecule has 0 atom stereocenters. The van der Waals surface area contributed by atoms with E-state index < -0.39 is 11.2 Å². The Morgan fingerprint density at radius 1 is 1.32 bits per heavy atom. The van der Waals surface area contributed by atoms with Gasteiger partial charge in [-0.25, -0.2) is 9.78 Å². The number of aromatic nitrogens is 4. The van der Waals surface area contributed by atoms with Crippen molar-refractivity contribution in [2.45, 2.75) is 19.8 Å². The Morgan fingerprint density at radius 2 is 2.08 bits per heavy atom. The van der Waals surface area contributed by atoms with E-state index >= 15 is 0 Å². The highest BCUT2D eigenvalue weighted by Crippen LogP contribution is 2.15. The average Bonchev–Trinajstić information content (AvgIpc) is 3.21. The monoisotopic (exact) mass is 361 g/mol. The molecule has 132 valence electrons. The van der Waals surface area contributed by atoms with Gasteiger partial charge < -0.3 is 10.3 Å². The van der Waals surface area contributed by atoms with Crippen molar-refractivity contribution in [2.75, 3.05) is 6.54 Å². The number of amides is 1. The van der Waals surface area contributed by atoms with Gasteiger partial charge in [-0.05, 0) is 30.4 Å². The summed E-state index contributed by atoms with van der Waals surface area (Å²) >= 11 is 1.42. The molecule has 9 heteroatoms. The van der Waals surface area contributed by atoms with Gasteiger partial charge in [0.15, 0.2) is 5.65 Å². The number of hydrogen-bond donors (Lipinski definition) is 2. The van der Waals surface area contributed by atoms with Crippen LogP contribution in [0.2, 0.25) is 0 Å². The van der Waals surface area contributed by atoms with Crippen LogP contribution >= 0.6 is 11.3 Å². The molecule has 3 rings (SSSR count). The van der Waals surface area contributed by atoms with Crippen LogP contribution in [0.4, 0.5) is 0 Å². The van der Waals surface area contributed by atoms with Crippen molar-refractivity contribution in [1.82, 2.24) is 24.4 Å². The molecule has 0 unspecified atom stereocenters. The Morgan fingerprint density at radius 3 is 2.76 bits per heavy atom. The molecule has 0 aliphatic rings. The van der Waals surface area contributed by atoms with Crippen molar-refractivity contribution < 1.29 is 4.79 Å². The van der Waals surface area contributed by atoms with E-state index in [1.54, 1.807) is 7.05 Å². The second kappa shape index (κ2) is 6.67. The molecule has 0 aromatic carbocycles. The summed E-state index contributed by atoms with van der Waals surface area (Å²) in [6, 6.07) is 1.92. The first-order valence-corrected chi connectivity index (χ1v) is 8.75. The summed E-state index contributed by atoms with van der Waals surface area (Å²) in [5.74, 6) is 0.545. The summed E-state index contributed by atoms with van der Waals surface area (Å²) < 4.78 is 2.39. The maximum Gasteiger partial charge on any atom is 0.332 e. The van der Waals surface area contributed by atoms with Crippen molar-refractivity contribution in [3.05, 3.63) is 48.5 Å². The molecule has 3 aromatic rings. The predicted molar refractivity (Wildman–Crippen MR) is 96.3 cm³/mol. The van der Waals surface area contributed by atoms with Crippen LogP contribution in [-0.2, 0) is 20.5 Å². The van der Waals surface area contributed by atoms with E-state index in [-0.39, 0.29) is 5.91 Å². The van der Waals surface area contributed by atoms with E-state index in [0.29, 0.717) is 36.4 Å². The number of carbonyl (C=O) groups excluding carboxylic acids is 1. The van der Waals surface area contributed by atoms with Crippen LogP contribution in [0.1, 0.15) is 27.5 Å². The number of fused-ring (bicyclic) bond motifs is 1. The highest BCUT2D eigenvalue weighted by molar-refractivity contribution is 7.12. The Balaban J connectivity index is 1.66. The first-order valence-electron chi connectivity index (χ1n) is 7.87. The minimum absolute atomic E-state index is 0.0756. The fourth-order valence-electron chi connectivity index (χ4n) is 2.64. The van der Waals surface area contributed by atoms with E-state index in [1.165, 1.54) is 23.0 Å². The van der Waals surface area contributed by atoms with Crippen LogP contribution in [0, 0.1) is 6.92 Å². The van der Waals surface area contributed by atoms with Crippen molar-refractivity contribution in [3.8, 4) is 0 Å². The number of aryl methyl sites for hydroxylation is 3. The quantitative estimate of drug-likeness (QED) is 0.653. The van der Waals surface area contributed by atoms with Crippen LogP contribution in [-0.4, -0.2) is 31.6 Å². The van der Waals surface area contributed by atoms with E-state index in [9.17, 15) is 14.4 Å². The molecular formula is C16H19N5O3S. The zero-order valence-corrected chi connectivity index (χ0v) is 15.1. The Hall–Kier alpha value is -2.68. The second-order valence-electron chi connectivity index (χ2n) is 5.88. The van der Waals surface area contributed by atoms with E-state index in [0.717, 1.165) is 15.0 Å². The van der Waals surface area contributed by atoms with Crippen LogP contribution in [0.3, 0.4) is 0 Å². The lowest BCUT2D eigenvalue weighted by Crippen LogP contribution is -2.36. The minimum atomic E-state index is -0.408. The van der Waals surface area contributed by atoms with Gasteiger partial charge in [-0.3, -0.25) is 18.7 Å². The number of rotatable bonds is 5. The summed E-state index contributed by atoms with van der Waals surface area (Å²) in [6.07, 6.45) is 1.24. The number of nitrogens with one attached hydrogen (secondary N) is 2. The first-order chi connectivity index (χ1) is 11.9. The fourth-order valence-corrected chi connectivity index (χ4v) is 3.48. The molecule has 0 aliphatic heterocycles. The van der Waals surface area contributed by atoms with Gasteiger partial charge in [0.2, 0.25) is 0 Å². The third-order valence-electron chi connectivity index (χ3n) is 4.09. The highest BCUT2D eigenvalue weighted by Gasteiger charge is 2.13. The van der Waals surface area contributed by atoms with E-state index in [1.807, 2.05) is 18.4 Å². The van der Waals surface area contributed by atoms with Crippen molar-refractivity contribution in [2.24, 2.45) is 14.1 Å². The number of thiophene rings is 1. The summed E-state index contributed by atoms with van der Waals surface area (Å²) in [5.41, 5.74) is 0.836. The third-order valence-corrected chi connectivity index (χ3v) is 5.10. The number of carbonyl (C=O) groups is 1. The molecule has 0 saturated carbocycles. The van der Waals surface area contributed by atoms with Gasteiger partial charge >= 0.3 is 5.69 Å². The molecule has 2 N–H and O–H groups in total. The van der Waals surface area contributed by atoms with Gasteiger partial charge in [0.25, 0.3) is 11.5 Å². The maximum atomic E-state index is 12.1. The first kappa shape index (κ1) is 17.2. The number of nitrogens with zero attached hydrogens (tertiary/aromatic N) is 3. The van der Waals surface area contributed by atoms with Crippen LogP contribution in [0.15, 0.2) is 21.0 Å². The van der Waals surface area contributed by atoms with Crippen molar-refractivity contribution in [1.29, 1.82) is 0 Å². The SMILES string of the molecule is Cc1ccsc1C(=O)NCCCc1nc2c([nH]1)c(=O)n(C)c(=O)n2C. The van der Waals surface area contributed by atoms with Gasteiger partial charge in [0.1, 0.15) is 11.3 Å². The van der Waals surface area contributed by atoms with Gasteiger partial charge in [-0.15, -0.1) is 11.3 Å². The highest BCUT2D eigenvalue weighted by atomic mass is 32.1. The number of aromatic amines is 1. The molecule has 0 fully saturated rings. The predicted octanol–water partition coefficient (Wildman–Crippen LogP) is 0.693. The minimum Gasteiger partial charge on any atom is -0.351 e. The normalized spacial score (nSPS) is 11.2. The molecule has 3 aromatic heterocycles. The fraction of sp³-hybridized carbons (Fsp3) is 0.375. The lowest BCUT2D eigenvalue weighted by Gasteiger charge is -2.03. The van der Waals surface area contributed by atoms with Gasteiger partial charge in [-0.1, -0.05) is 0 Å². The molecule has 0 saturated heterocycles. The molecule has 1 amide bonds. The largest absolute Gasteiger partial charge is 0.351 e. The van der Waals surface area contributed by atoms with Gasteiger partial charge in [-0.2, -0.15) is 0 Å². The average molecular weight is 361 g/mol. The lowest BCUT2D eigenvalue weighted by atomic mass is 10.2. The zero-order valence-electron chi connectivity index (χ0n) is 14.3. The van der Waals surface area contributed by atoms with Crippen molar-refractivity contribution >= 4 is 28.4 Å². The Labute approximate surface area is 147 Å². The number of imidazole rings is 1. The van der Waals surface area contributed by atoms with Gasteiger partial charge in [0, 0.05) is 27.1 Å². The summed E-state index contributed by atoms with van der Waals surface area (Å²) in [5, 5.41) is 4.77. The second-order valence-corrected chi connectivity index (χ2v) is 6.80. The lowest BCUT2D eigenvalue weighted by molar-refractivity contribution is 0.0956. The maximum absolute atomic E-state index is 12.1. The Bertz CT molecular complexity index is 1060. The topological polar surface area (TPSA) is 102 Å². The summed E-state index contributed by atoms with van der Waals surface area (Å²) in [6.45, 7) is 2.41.